The summed E-state index contributed by atoms with van der Waals surface area (Å²) in [6.45, 7) is 3.86. The van der Waals surface area contributed by atoms with Gasteiger partial charge in [0, 0.05) is 38.4 Å². The first-order valence-electron chi connectivity index (χ1n) is 9.78. The van der Waals surface area contributed by atoms with Crippen LogP contribution < -0.4 is 18.8 Å². The normalized spacial score (nSPS) is 22.0. The van der Waals surface area contributed by atoms with E-state index < -0.39 is 10.0 Å². The van der Waals surface area contributed by atoms with Gasteiger partial charge in [-0.2, -0.15) is 0 Å². The number of ether oxygens (including phenoxy) is 1. The number of methoxy groups -OCH3 is 1. The van der Waals surface area contributed by atoms with E-state index in [4.69, 9.17) is 4.74 Å². The average molecular weight is 418 g/mol. The van der Waals surface area contributed by atoms with Crippen LogP contribution in [0, 0.1) is 0 Å². The number of aliphatic hydroxyl groups excluding tert-OH is 1. The van der Waals surface area contributed by atoms with E-state index in [1.54, 1.807) is 31.4 Å². The summed E-state index contributed by atoms with van der Waals surface area (Å²) < 4.78 is 33.9. The molecule has 0 amide bonds. The molecule has 2 unspecified atom stereocenters. The third-order valence-corrected chi connectivity index (χ3v) is 7.63. The molecule has 156 valence electrons. The fourth-order valence-corrected chi connectivity index (χ4v) is 5.87. The van der Waals surface area contributed by atoms with Crippen molar-refractivity contribution in [2.45, 2.75) is 30.4 Å². The number of rotatable bonds is 4. The summed E-state index contributed by atoms with van der Waals surface area (Å²) in [6.07, 6.45) is 0.414. The van der Waals surface area contributed by atoms with E-state index in [2.05, 4.69) is 9.80 Å². The summed E-state index contributed by atoms with van der Waals surface area (Å²) in [5, 5.41) is 9.74. The highest BCUT2D eigenvalue weighted by Crippen LogP contribution is 2.40. The molecule has 0 aromatic heterocycles. The molecular formula is C21H27N3O4S. The number of anilines is 3. The van der Waals surface area contributed by atoms with Gasteiger partial charge in [0.25, 0.3) is 10.0 Å². The fraction of sp³-hybridized carbons (Fsp3) is 0.429. The Labute approximate surface area is 172 Å². The number of hydrogen-bond acceptors (Lipinski definition) is 6. The van der Waals surface area contributed by atoms with Crippen LogP contribution in [0.1, 0.15) is 13.3 Å². The first kappa shape index (κ1) is 19.8. The summed E-state index contributed by atoms with van der Waals surface area (Å²) >= 11 is 0. The minimum atomic E-state index is -3.72. The summed E-state index contributed by atoms with van der Waals surface area (Å²) in [7, 11) is -0.165. The molecule has 0 radical (unpaired) electrons. The Balaban J connectivity index is 1.69. The van der Waals surface area contributed by atoms with Crippen molar-refractivity contribution in [3.63, 3.8) is 0 Å². The molecule has 0 spiro atoms. The van der Waals surface area contributed by atoms with Crippen molar-refractivity contribution >= 4 is 27.1 Å². The number of hydrogen-bond donors (Lipinski definition) is 1. The van der Waals surface area contributed by atoms with Crippen molar-refractivity contribution in [1.29, 1.82) is 0 Å². The molecule has 8 heteroatoms. The second-order valence-corrected chi connectivity index (χ2v) is 9.58. The largest absolute Gasteiger partial charge is 0.497 e. The number of likely N-dealkylation sites (N-methyl/N-ethyl adjacent to an activating group) is 1. The quantitative estimate of drug-likeness (QED) is 0.823. The predicted molar refractivity (Wildman–Crippen MR) is 115 cm³/mol. The lowest BCUT2D eigenvalue weighted by atomic mass is 10.1. The van der Waals surface area contributed by atoms with Crippen molar-refractivity contribution in [2.24, 2.45) is 0 Å². The van der Waals surface area contributed by atoms with Gasteiger partial charge in [-0.3, -0.25) is 4.31 Å². The van der Waals surface area contributed by atoms with Crippen LogP contribution >= 0.6 is 0 Å². The molecule has 4 rings (SSSR count). The van der Waals surface area contributed by atoms with Gasteiger partial charge in [0.15, 0.2) is 0 Å². The van der Waals surface area contributed by atoms with Gasteiger partial charge >= 0.3 is 0 Å². The smallest absolute Gasteiger partial charge is 0.264 e. The van der Waals surface area contributed by atoms with Gasteiger partial charge in [-0.15, -0.1) is 0 Å². The Morgan fingerprint density at radius 1 is 1.07 bits per heavy atom. The maximum absolute atomic E-state index is 13.5. The van der Waals surface area contributed by atoms with E-state index in [-0.39, 0.29) is 17.0 Å². The van der Waals surface area contributed by atoms with Gasteiger partial charge in [-0.25, -0.2) is 8.42 Å². The minimum Gasteiger partial charge on any atom is -0.497 e. The lowest BCUT2D eigenvalue weighted by Crippen LogP contribution is -2.49. The Bertz CT molecular complexity index is 993. The van der Waals surface area contributed by atoms with E-state index in [0.717, 1.165) is 24.3 Å². The van der Waals surface area contributed by atoms with Crippen molar-refractivity contribution in [1.82, 2.24) is 0 Å². The van der Waals surface area contributed by atoms with Gasteiger partial charge in [-0.1, -0.05) is 0 Å². The fourth-order valence-electron chi connectivity index (χ4n) is 4.21. The van der Waals surface area contributed by atoms with Crippen LogP contribution in [0.5, 0.6) is 5.75 Å². The van der Waals surface area contributed by atoms with Gasteiger partial charge in [-0.05, 0) is 49.7 Å². The summed E-state index contributed by atoms with van der Waals surface area (Å²) in [6, 6.07) is 12.2. The zero-order chi connectivity index (χ0) is 20.8. The molecule has 2 aromatic carbocycles. The lowest BCUT2D eigenvalue weighted by Gasteiger charge is -2.41. The van der Waals surface area contributed by atoms with E-state index in [1.165, 1.54) is 4.31 Å². The molecule has 7 nitrogen and oxygen atoms in total. The van der Waals surface area contributed by atoms with Crippen molar-refractivity contribution in [2.75, 3.05) is 47.9 Å². The molecule has 1 saturated heterocycles. The first-order chi connectivity index (χ1) is 13.8. The summed E-state index contributed by atoms with van der Waals surface area (Å²) in [5.74, 6) is 0.694. The maximum Gasteiger partial charge on any atom is 0.264 e. The Morgan fingerprint density at radius 2 is 1.79 bits per heavy atom. The van der Waals surface area contributed by atoms with Crippen LogP contribution in [0.25, 0.3) is 0 Å². The molecule has 0 aliphatic carbocycles. The first-order valence-corrected chi connectivity index (χ1v) is 11.2. The Morgan fingerprint density at radius 3 is 2.41 bits per heavy atom. The van der Waals surface area contributed by atoms with Crippen molar-refractivity contribution in [3.05, 3.63) is 42.5 Å². The Hall–Kier alpha value is -2.45. The standard InChI is InChI=1S/C21H27N3O4S/c1-15-13-22(2)21-12-18(28-3)6-9-20(21)24(15)29(26,27)19-7-4-16(5-8-19)23-11-10-17(25)14-23/h4-9,12,15,17,25H,10-11,13-14H2,1-3H3. The topological polar surface area (TPSA) is 73.3 Å². The number of sulfonamides is 1. The second-order valence-electron chi connectivity index (χ2n) is 7.77. The highest BCUT2D eigenvalue weighted by atomic mass is 32.2. The van der Waals surface area contributed by atoms with E-state index in [9.17, 15) is 13.5 Å². The molecule has 1 N–H and O–H groups in total. The average Bonchev–Trinajstić information content (AvgIpc) is 3.14. The lowest BCUT2D eigenvalue weighted by molar-refractivity contribution is 0.198. The van der Waals surface area contributed by atoms with Crippen LogP contribution in [-0.2, 0) is 10.0 Å². The molecule has 0 bridgehead atoms. The zero-order valence-electron chi connectivity index (χ0n) is 16.9. The van der Waals surface area contributed by atoms with E-state index in [1.807, 2.05) is 32.2 Å². The summed E-state index contributed by atoms with van der Waals surface area (Å²) in [5.41, 5.74) is 2.41. The van der Waals surface area contributed by atoms with Crippen LogP contribution in [-0.4, -0.2) is 59.5 Å². The molecule has 2 aliphatic heterocycles. The number of fused-ring (bicyclic) bond motifs is 1. The number of β-amino-alcohol motifs (C(OH)–C–C–N with tert-alkyl or cyclic N) is 1. The summed E-state index contributed by atoms with van der Waals surface area (Å²) in [4.78, 5) is 4.39. The van der Waals surface area contributed by atoms with E-state index >= 15 is 0 Å². The SMILES string of the molecule is COc1ccc2c(c1)N(C)CC(C)N2S(=O)(=O)c1ccc(N2CCC(O)C2)cc1. The van der Waals surface area contributed by atoms with Crippen LogP contribution in [0.15, 0.2) is 47.4 Å². The molecule has 2 aliphatic rings. The van der Waals surface area contributed by atoms with Crippen LogP contribution in [0.2, 0.25) is 0 Å². The van der Waals surface area contributed by atoms with Gasteiger partial charge < -0.3 is 19.6 Å². The zero-order valence-corrected chi connectivity index (χ0v) is 17.8. The third kappa shape index (κ3) is 3.51. The predicted octanol–water partition coefficient (Wildman–Crippen LogP) is 2.30. The highest BCUT2D eigenvalue weighted by molar-refractivity contribution is 7.92. The molecule has 2 heterocycles. The molecule has 2 aromatic rings. The highest BCUT2D eigenvalue weighted by Gasteiger charge is 2.36. The molecule has 0 saturated carbocycles. The molecule has 2 atom stereocenters. The molecule has 1 fully saturated rings. The number of benzene rings is 2. The van der Waals surface area contributed by atoms with E-state index in [0.29, 0.717) is 24.5 Å². The van der Waals surface area contributed by atoms with Gasteiger partial charge in [0.1, 0.15) is 5.75 Å². The maximum atomic E-state index is 13.5. The van der Waals surface area contributed by atoms with Gasteiger partial charge in [0.2, 0.25) is 0 Å². The minimum absolute atomic E-state index is 0.209. The Kier molecular flexibility index (Phi) is 5.08. The van der Waals surface area contributed by atoms with Crippen molar-refractivity contribution < 1.29 is 18.3 Å². The third-order valence-electron chi connectivity index (χ3n) is 5.69. The monoisotopic (exact) mass is 417 g/mol. The second kappa shape index (κ2) is 7.42. The number of nitrogens with zero attached hydrogens (tertiary/aromatic N) is 3. The van der Waals surface area contributed by atoms with Gasteiger partial charge in [0.05, 0.1) is 35.5 Å². The molecule has 29 heavy (non-hydrogen) atoms. The molecular weight excluding hydrogens is 390 g/mol. The number of aliphatic hydroxyl groups is 1. The van der Waals surface area contributed by atoms with Crippen LogP contribution in [0.3, 0.4) is 0 Å². The van der Waals surface area contributed by atoms with Crippen molar-refractivity contribution in [3.8, 4) is 5.75 Å². The van der Waals surface area contributed by atoms with Crippen LogP contribution in [0.4, 0.5) is 17.1 Å².